The predicted molar refractivity (Wildman–Crippen MR) is 63.9 cm³/mol. The first kappa shape index (κ1) is 14.1. The normalized spacial score (nSPS) is 13.8. The van der Waals surface area contributed by atoms with Crippen LogP contribution in [0.4, 0.5) is 8.78 Å². The van der Waals surface area contributed by atoms with Crippen molar-refractivity contribution in [3.8, 4) is 0 Å². The molecule has 0 aliphatic carbocycles. The Morgan fingerprint density at radius 1 is 1.29 bits per heavy atom. The molecule has 1 unspecified atom stereocenters. The molecule has 1 atom stereocenters. The molecular weight excluding hydrogens is 224 g/mol. The maximum Gasteiger partial charge on any atom is 0.130 e. The maximum absolute atomic E-state index is 13.6. The molecule has 0 aliphatic heterocycles. The molecule has 1 N–H and O–H groups in total. The summed E-state index contributed by atoms with van der Waals surface area (Å²) in [4.78, 5) is 0. The first-order valence-corrected chi connectivity index (χ1v) is 5.57. The van der Waals surface area contributed by atoms with Crippen LogP contribution in [0.5, 0.6) is 0 Å². The van der Waals surface area contributed by atoms with Gasteiger partial charge in [-0.3, -0.25) is 0 Å². The first-order chi connectivity index (χ1) is 7.91. The second-order valence-electron chi connectivity index (χ2n) is 4.64. The summed E-state index contributed by atoms with van der Waals surface area (Å²) < 4.78 is 32.6. The Hall–Kier alpha value is -1.00. The Morgan fingerprint density at radius 3 is 2.24 bits per heavy atom. The van der Waals surface area contributed by atoms with Gasteiger partial charge in [0.25, 0.3) is 0 Å². The highest BCUT2D eigenvalue weighted by Crippen LogP contribution is 2.29. The summed E-state index contributed by atoms with van der Waals surface area (Å²) >= 11 is 0. The molecule has 0 bridgehead atoms. The van der Waals surface area contributed by atoms with Gasteiger partial charge in [-0.2, -0.15) is 0 Å². The van der Waals surface area contributed by atoms with Crippen LogP contribution in [0.25, 0.3) is 0 Å². The summed E-state index contributed by atoms with van der Waals surface area (Å²) in [6.07, 6.45) is 0.484. The molecule has 0 heterocycles. The fraction of sp³-hybridized carbons (Fsp3) is 0.538. The lowest BCUT2D eigenvalue weighted by atomic mass is 9.93. The van der Waals surface area contributed by atoms with E-state index >= 15 is 0 Å². The minimum absolute atomic E-state index is 0.0696. The van der Waals surface area contributed by atoms with Gasteiger partial charge in [-0.05, 0) is 39.4 Å². The highest BCUT2D eigenvalue weighted by molar-refractivity contribution is 5.23. The number of nitrogens with one attached hydrogen (secondary N) is 1. The molecule has 4 heteroatoms. The first-order valence-electron chi connectivity index (χ1n) is 5.57. The van der Waals surface area contributed by atoms with Gasteiger partial charge in [0.05, 0.1) is 5.60 Å². The number of halogens is 2. The van der Waals surface area contributed by atoms with Gasteiger partial charge in [-0.1, -0.05) is 6.07 Å². The van der Waals surface area contributed by atoms with Crippen LogP contribution in [0.2, 0.25) is 0 Å². The Balaban J connectivity index is 3.02. The number of methoxy groups -OCH3 is 1. The summed E-state index contributed by atoms with van der Waals surface area (Å²) in [5.74, 6) is -1.06. The lowest BCUT2D eigenvalue weighted by Crippen LogP contribution is -2.31. The van der Waals surface area contributed by atoms with E-state index in [0.29, 0.717) is 6.42 Å². The standard InChI is InChI=1S/C13H19F2NO/c1-13(2,17-4)8-11(16-3)12-9(14)6-5-7-10(12)15/h5-7,11,16H,8H2,1-4H3. The van der Waals surface area contributed by atoms with Gasteiger partial charge in [0.1, 0.15) is 11.6 Å². The van der Waals surface area contributed by atoms with Crippen molar-refractivity contribution in [2.24, 2.45) is 0 Å². The van der Waals surface area contributed by atoms with E-state index in [9.17, 15) is 8.78 Å². The monoisotopic (exact) mass is 243 g/mol. The molecule has 0 fully saturated rings. The Bertz CT molecular complexity index is 359. The molecule has 0 saturated heterocycles. The fourth-order valence-electron chi connectivity index (χ4n) is 1.77. The highest BCUT2D eigenvalue weighted by atomic mass is 19.1. The second-order valence-corrected chi connectivity index (χ2v) is 4.64. The van der Waals surface area contributed by atoms with Gasteiger partial charge in [0.2, 0.25) is 0 Å². The van der Waals surface area contributed by atoms with E-state index in [1.54, 1.807) is 14.2 Å². The highest BCUT2D eigenvalue weighted by Gasteiger charge is 2.26. The second kappa shape index (κ2) is 5.56. The molecule has 96 valence electrons. The van der Waals surface area contributed by atoms with Crippen LogP contribution in [-0.4, -0.2) is 19.8 Å². The van der Waals surface area contributed by atoms with Crippen molar-refractivity contribution in [1.29, 1.82) is 0 Å². The Morgan fingerprint density at radius 2 is 1.82 bits per heavy atom. The average molecular weight is 243 g/mol. The lowest BCUT2D eigenvalue weighted by molar-refractivity contribution is 0.00692. The summed E-state index contributed by atoms with van der Waals surface area (Å²) in [7, 11) is 3.27. The molecule has 0 aliphatic rings. The van der Waals surface area contributed by atoms with E-state index < -0.39 is 23.3 Å². The molecule has 2 nitrogen and oxygen atoms in total. The van der Waals surface area contributed by atoms with Crippen molar-refractivity contribution in [2.75, 3.05) is 14.2 Å². The van der Waals surface area contributed by atoms with Crippen LogP contribution in [0.3, 0.4) is 0 Å². The van der Waals surface area contributed by atoms with E-state index in [-0.39, 0.29) is 5.56 Å². The summed E-state index contributed by atoms with van der Waals surface area (Å²) in [5.41, 5.74) is -0.373. The molecule has 1 rings (SSSR count). The van der Waals surface area contributed by atoms with Crippen molar-refractivity contribution < 1.29 is 13.5 Å². The lowest BCUT2D eigenvalue weighted by Gasteiger charge is -2.29. The summed E-state index contributed by atoms with van der Waals surface area (Å²) in [6.45, 7) is 3.77. The van der Waals surface area contributed by atoms with E-state index in [1.165, 1.54) is 18.2 Å². The van der Waals surface area contributed by atoms with Crippen LogP contribution in [0.1, 0.15) is 31.9 Å². The quantitative estimate of drug-likeness (QED) is 0.858. The van der Waals surface area contributed by atoms with Crippen molar-refractivity contribution in [1.82, 2.24) is 5.32 Å². The van der Waals surface area contributed by atoms with Crippen LogP contribution >= 0.6 is 0 Å². The van der Waals surface area contributed by atoms with E-state index in [2.05, 4.69) is 5.32 Å². The third-order valence-electron chi connectivity index (χ3n) is 2.94. The molecule has 17 heavy (non-hydrogen) atoms. The maximum atomic E-state index is 13.6. The molecule has 0 radical (unpaired) electrons. The number of hydrogen-bond acceptors (Lipinski definition) is 2. The van der Waals surface area contributed by atoms with Crippen LogP contribution in [0, 0.1) is 11.6 Å². The molecule has 0 aromatic heterocycles. The molecule has 1 aromatic rings. The molecule has 1 aromatic carbocycles. The van der Waals surface area contributed by atoms with E-state index in [4.69, 9.17) is 4.74 Å². The fourth-order valence-corrected chi connectivity index (χ4v) is 1.77. The third-order valence-corrected chi connectivity index (χ3v) is 2.94. The SMILES string of the molecule is CNC(CC(C)(C)OC)c1c(F)cccc1F. The van der Waals surface area contributed by atoms with E-state index in [0.717, 1.165) is 0 Å². The third kappa shape index (κ3) is 3.48. The molecule has 0 saturated carbocycles. The Labute approximate surface area is 101 Å². The smallest absolute Gasteiger partial charge is 0.130 e. The van der Waals surface area contributed by atoms with Gasteiger partial charge in [-0.25, -0.2) is 8.78 Å². The van der Waals surface area contributed by atoms with Crippen molar-refractivity contribution in [2.45, 2.75) is 31.9 Å². The number of ether oxygens (including phenoxy) is 1. The van der Waals surface area contributed by atoms with Gasteiger partial charge >= 0.3 is 0 Å². The predicted octanol–water partition coefficient (Wildman–Crippen LogP) is 3.04. The minimum Gasteiger partial charge on any atom is -0.379 e. The largest absolute Gasteiger partial charge is 0.379 e. The number of benzene rings is 1. The van der Waals surface area contributed by atoms with Crippen LogP contribution < -0.4 is 5.32 Å². The Kier molecular flexibility index (Phi) is 4.60. The summed E-state index contributed by atoms with van der Waals surface area (Å²) in [6, 6.07) is 3.49. The van der Waals surface area contributed by atoms with Gasteiger partial charge in [-0.15, -0.1) is 0 Å². The number of rotatable bonds is 5. The molecule has 0 amide bonds. The van der Waals surface area contributed by atoms with Crippen molar-refractivity contribution in [3.63, 3.8) is 0 Å². The topological polar surface area (TPSA) is 21.3 Å². The van der Waals surface area contributed by atoms with Crippen molar-refractivity contribution >= 4 is 0 Å². The van der Waals surface area contributed by atoms with Crippen LogP contribution in [-0.2, 0) is 4.74 Å². The van der Waals surface area contributed by atoms with Gasteiger partial charge in [0.15, 0.2) is 0 Å². The number of hydrogen-bond donors (Lipinski definition) is 1. The zero-order valence-electron chi connectivity index (χ0n) is 10.7. The molecule has 0 spiro atoms. The zero-order chi connectivity index (χ0) is 13.1. The summed E-state index contributed by atoms with van der Waals surface area (Å²) in [5, 5.41) is 2.93. The van der Waals surface area contributed by atoms with Crippen molar-refractivity contribution in [3.05, 3.63) is 35.4 Å². The van der Waals surface area contributed by atoms with E-state index in [1.807, 2.05) is 13.8 Å². The zero-order valence-corrected chi connectivity index (χ0v) is 10.7. The molecular formula is C13H19F2NO. The minimum atomic E-state index is -0.531. The average Bonchev–Trinajstić information content (AvgIpc) is 2.27. The van der Waals surface area contributed by atoms with Gasteiger partial charge in [0, 0.05) is 18.7 Å². The van der Waals surface area contributed by atoms with Crippen LogP contribution in [0.15, 0.2) is 18.2 Å². The van der Waals surface area contributed by atoms with Gasteiger partial charge < -0.3 is 10.1 Å².